The summed E-state index contributed by atoms with van der Waals surface area (Å²) in [4.78, 5) is 0. The average Bonchev–Trinajstić information content (AvgIpc) is 2.25. The molecule has 1 aromatic rings. The number of phenolic OH excluding ortho intramolecular Hbond substituents is 1. The first-order chi connectivity index (χ1) is 8.24. The summed E-state index contributed by atoms with van der Waals surface area (Å²) >= 11 is 0. The Morgan fingerprint density at radius 3 is 2.33 bits per heavy atom. The van der Waals surface area contributed by atoms with Gasteiger partial charge in [0.25, 0.3) is 0 Å². The first-order valence-electron chi connectivity index (χ1n) is 4.59. The molecule has 0 fully saturated rings. The molecule has 0 amide bonds. The normalized spacial score (nSPS) is 14.7. The Morgan fingerprint density at radius 1 is 1.28 bits per heavy atom. The van der Waals surface area contributed by atoms with E-state index in [0.717, 1.165) is 12.1 Å². The molecule has 0 aliphatic carbocycles. The van der Waals surface area contributed by atoms with Gasteiger partial charge in [0.05, 0.1) is 6.07 Å². The Balaban J connectivity index is 2.97. The van der Waals surface area contributed by atoms with Crippen molar-refractivity contribution < 1.29 is 33.2 Å². The van der Waals surface area contributed by atoms with E-state index in [1.807, 2.05) is 0 Å². The molecular weight excluding hydrogens is 255 g/mol. The predicted octanol–water partition coefficient (Wildman–Crippen LogP) is 1.21. The lowest BCUT2D eigenvalue weighted by molar-refractivity contribution is -0.274. The summed E-state index contributed by atoms with van der Waals surface area (Å²) in [6.07, 6.45) is -8.43. The summed E-state index contributed by atoms with van der Waals surface area (Å²) in [7, 11) is 0. The van der Waals surface area contributed by atoms with Crippen LogP contribution in [0.4, 0.5) is 13.2 Å². The molecule has 3 N–H and O–H groups in total. The molecule has 2 unspecified atom stereocenters. The van der Waals surface area contributed by atoms with E-state index in [1.165, 1.54) is 6.07 Å². The number of ether oxygens (including phenoxy) is 1. The predicted molar refractivity (Wildman–Crippen MR) is 51.4 cm³/mol. The molecule has 0 spiro atoms. The standard InChI is InChI=1S/C10H8F3NO4/c11-10(12,13)18-5-1-2-6(7(15)3-5)9(17)8(16)4-14/h1-3,8-9,15-17H. The van der Waals surface area contributed by atoms with E-state index < -0.39 is 30.1 Å². The largest absolute Gasteiger partial charge is 0.573 e. The van der Waals surface area contributed by atoms with Crippen molar-refractivity contribution in [3.63, 3.8) is 0 Å². The number of halogens is 3. The number of rotatable bonds is 3. The van der Waals surface area contributed by atoms with E-state index in [1.54, 1.807) is 0 Å². The summed E-state index contributed by atoms with van der Waals surface area (Å²) in [5, 5.41) is 36.1. The Labute approximate surface area is 99.3 Å². The fraction of sp³-hybridized carbons (Fsp3) is 0.300. The number of nitriles is 1. The number of benzene rings is 1. The maximum Gasteiger partial charge on any atom is 0.573 e. The average molecular weight is 263 g/mol. The van der Waals surface area contributed by atoms with Crippen LogP contribution < -0.4 is 4.74 Å². The van der Waals surface area contributed by atoms with Gasteiger partial charge in [0.15, 0.2) is 6.10 Å². The van der Waals surface area contributed by atoms with E-state index in [2.05, 4.69) is 4.74 Å². The van der Waals surface area contributed by atoms with Crippen molar-refractivity contribution >= 4 is 0 Å². The van der Waals surface area contributed by atoms with Crippen LogP contribution >= 0.6 is 0 Å². The summed E-state index contributed by atoms with van der Waals surface area (Å²) in [6, 6.07) is 3.71. The summed E-state index contributed by atoms with van der Waals surface area (Å²) in [6.45, 7) is 0. The SMILES string of the molecule is N#CC(O)C(O)c1ccc(OC(F)(F)F)cc1O. The Bertz CT molecular complexity index is 469. The summed E-state index contributed by atoms with van der Waals surface area (Å²) in [5.41, 5.74) is -0.279. The zero-order chi connectivity index (χ0) is 13.9. The van der Waals surface area contributed by atoms with E-state index in [-0.39, 0.29) is 5.56 Å². The lowest BCUT2D eigenvalue weighted by atomic mass is 10.0. The van der Waals surface area contributed by atoms with E-state index in [9.17, 15) is 23.4 Å². The van der Waals surface area contributed by atoms with Crippen LogP contribution in [-0.4, -0.2) is 27.8 Å². The summed E-state index contributed by atoms with van der Waals surface area (Å²) in [5.74, 6) is -1.40. The van der Waals surface area contributed by atoms with E-state index in [4.69, 9.17) is 10.4 Å². The maximum atomic E-state index is 11.9. The monoisotopic (exact) mass is 263 g/mol. The van der Waals surface area contributed by atoms with Crippen molar-refractivity contribution in [3.05, 3.63) is 23.8 Å². The fourth-order valence-corrected chi connectivity index (χ4v) is 1.21. The highest BCUT2D eigenvalue weighted by Gasteiger charge is 2.31. The Hall–Kier alpha value is -1.98. The molecule has 18 heavy (non-hydrogen) atoms. The van der Waals surface area contributed by atoms with Crippen LogP contribution in [0.1, 0.15) is 11.7 Å². The molecule has 1 aromatic carbocycles. The number of nitrogens with zero attached hydrogens (tertiary/aromatic N) is 1. The molecule has 98 valence electrons. The topological polar surface area (TPSA) is 93.7 Å². The molecule has 5 nitrogen and oxygen atoms in total. The number of hydrogen-bond donors (Lipinski definition) is 3. The van der Waals surface area contributed by atoms with Gasteiger partial charge in [-0.15, -0.1) is 13.2 Å². The molecule has 0 aliphatic heterocycles. The second kappa shape index (κ2) is 5.12. The van der Waals surface area contributed by atoms with Gasteiger partial charge < -0.3 is 20.1 Å². The molecule has 2 atom stereocenters. The van der Waals surface area contributed by atoms with Gasteiger partial charge in [0, 0.05) is 11.6 Å². The zero-order valence-electron chi connectivity index (χ0n) is 8.72. The van der Waals surface area contributed by atoms with Crippen LogP contribution in [0, 0.1) is 11.3 Å². The number of phenols is 1. The quantitative estimate of drug-likeness (QED) is 0.712. The molecule has 0 heterocycles. The van der Waals surface area contributed by atoms with Gasteiger partial charge in [-0.05, 0) is 12.1 Å². The third kappa shape index (κ3) is 3.51. The first-order valence-corrected chi connectivity index (χ1v) is 4.59. The maximum absolute atomic E-state index is 11.9. The molecule has 0 radical (unpaired) electrons. The Morgan fingerprint density at radius 2 is 1.89 bits per heavy atom. The van der Waals surface area contributed by atoms with E-state index >= 15 is 0 Å². The third-order valence-corrected chi connectivity index (χ3v) is 1.99. The lowest BCUT2D eigenvalue weighted by Gasteiger charge is -2.15. The second-order valence-electron chi connectivity index (χ2n) is 3.29. The van der Waals surface area contributed by atoms with Crippen LogP contribution in [0.15, 0.2) is 18.2 Å². The molecule has 8 heteroatoms. The van der Waals surface area contributed by atoms with Crippen LogP contribution in [-0.2, 0) is 0 Å². The second-order valence-corrected chi connectivity index (χ2v) is 3.29. The number of alkyl halides is 3. The van der Waals surface area contributed by atoms with Crippen molar-refractivity contribution in [1.82, 2.24) is 0 Å². The summed E-state index contributed by atoms with van der Waals surface area (Å²) < 4.78 is 39.2. The minimum atomic E-state index is -4.90. The van der Waals surface area contributed by atoms with Gasteiger partial charge in [0.2, 0.25) is 0 Å². The van der Waals surface area contributed by atoms with Gasteiger partial charge in [-0.25, -0.2) is 0 Å². The molecule has 0 saturated heterocycles. The van der Waals surface area contributed by atoms with Crippen molar-refractivity contribution in [3.8, 4) is 17.6 Å². The third-order valence-electron chi connectivity index (χ3n) is 1.99. The molecular formula is C10H8F3NO4. The molecule has 0 aliphatic rings. The lowest BCUT2D eigenvalue weighted by Crippen LogP contribution is -2.18. The van der Waals surface area contributed by atoms with Crippen LogP contribution in [0.2, 0.25) is 0 Å². The highest BCUT2D eigenvalue weighted by Crippen LogP contribution is 2.32. The number of aliphatic hydroxyl groups excluding tert-OH is 2. The fourth-order valence-electron chi connectivity index (χ4n) is 1.21. The van der Waals surface area contributed by atoms with Gasteiger partial charge >= 0.3 is 6.36 Å². The van der Waals surface area contributed by atoms with E-state index in [0.29, 0.717) is 6.07 Å². The Kier molecular flexibility index (Phi) is 4.00. The van der Waals surface area contributed by atoms with Crippen molar-refractivity contribution in [1.29, 1.82) is 5.26 Å². The smallest absolute Gasteiger partial charge is 0.507 e. The van der Waals surface area contributed by atoms with Gasteiger partial charge in [-0.3, -0.25) is 0 Å². The minimum Gasteiger partial charge on any atom is -0.507 e. The van der Waals surface area contributed by atoms with Crippen molar-refractivity contribution in [2.24, 2.45) is 0 Å². The molecule has 1 rings (SSSR count). The van der Waals surface area contributed by atoms with Gasteiger partial charge in [-0.1, -0.05) is 0 Å². The van der Waals surface area contributed by atoms with Crippen molar-refractivity contribution in [2.45, 2.75) is 18.6 Å². The van der Waals surface area contributed by atoms with Gasteiger partial charge in [-0.2, -0.15) is 5.26 Å². The number of aromatic hydroxyl groups is 1. The highest BCUT2D eigenvalue weighted by atomic mass is 19.4. The van der Waals surface area contributed by atoms with Crippen LogP contribution in [0.5, 0.6) is 11.5 Å². The highest BCUT2D eigenvalue weighted by molar-refractivity contribution is 5.41. The zero-order valence-corrected chi connectivity index (χ0v) is 8.72. The number of hydrogen-bond acceptors (Lipinski definition) is 5. The molecule has 0 saturated carbocycles. The van der Waals surface area contributed by atoms with Crippen LogP contribution in [0.25, 0.3) is 0 Å². The molecule has 0 aromatic heterocycles. The number of aliphatic hydroxyl groups is 2. The molecule has 0 bridgehead atoms. The van der Waals surface area contributed by atoms with Gasteiger partial charge in [0.1, 0.15) is 17.6 Å². The minimum absolute atomic E-state index is 0.279. The first kappa shape index (κ1) is 14.1. The van der Waals surface area contributed by atoms with Crippen LogP contribution in [0.3, 0.4) is 0 Å². The van der Waals surface area contributed by atoms with Crippen molar-refractivity contribution in [2.75, 3.05) is 0 Å².